The molecule has 36 heavy (non-hydrogen) atoms. The van der Waals surface area contributed by atoms with Gasteiger partial charge in [0.15, 0.2) is 0 Å². The van der Waals surface area contributed by atoms with Crippen LogP contribution < -0.4 is 15.9 Å². The van der Waals surface area contributed by atoms with E-state index in [9.17, 15) is 0 Å². The summed E-state index contributed by atoms with van der Waals surface area (Å²) in [6, 6.07) is 33.7. The monoisotopic (exact) mass is 530 g/mol. The summed E-state index contributed by atoms with van der Waals surface area (Å²) in [7, 11) is -0.894. The topological polar surface area (TPSA) is 25.2 Å². The van der Waals surface area contributed by atoms with Gasteiger partial charge < -0.3 is 0 Å². The van der Waals surface area contributed by atoms with E-state index in [1.165, 1.54) is 15.9 Å². The Morgan fingerprint density at radius 3 is 1.97 bits per heavy atom. The summed E-state index contributed by atoms with van der Waals surface area (Å²) in [4.78, 5) is 9.89. The van der Waals surface area contributed by atoms with Crippen LogP contribution in [0, 0.1) is 0 Å². The average Bonchev–Trinajstić information content (AvgIpc) is 2.88. The van der Waals surface area contributed by atoms with Crippen LogP contribution in [0.4, 0.5) is 5.69 Å². The number of aliphatic imine (C=N–C) groups is 1. The van der Waals surface area contributed by atoms with E-state index < -0.39 is 7.92 Å². The molecule has 0 bridgehead atoms. The fraction of sp³-hybridized carbons (Fsp3) is 0.226. The van der Waals surface area contributed by atoms with Crippen molar-refractivity contribution in [3.63, 3.8) is 0 Å². The molecule has 0 aliphatic heterocycles. The minimum absolute atomic E-state index is 0.112. The Bertz CT molecular complexity index is 1240. The SMILES string of the molecule is CC(C)P(Cc1cccc(/C=N/c2cc(Cl)ccc2P(c2ccccc2)c2ccccc2)n1)C(C)C. The largest absolute Gasteiger partial charge is 0.254 e. The summed E-state index contributed by atoms with van der Waals surface area (Å²) in [6.45, 7) is 9.32. The first-order valence-electron chi connectivity index (χ1n) is 12.4. The molecular formula is C31H33ClN2P2. The molecule has 0 N–H and O–H groups in total. The van der Waals surface area contributed by atoms with Crippen molar-refractivity contribution in [1.82, 2.24) is 4.98 Å². The molecule has 1 heterocycles. The van der Waals surface area contributed by atoms with E-state index in [0.717, 1.165) is 23.2 Å². The predicted molar refractivity (Wildman–Crippen MR) is 163 cm³/mol. The van der Waals surface area contributed by atoms with Crippen LogP contribution in [0.15, 0.2) is 102 Å². The van der Waals surface area contributed by atoms with Crippen molar-refractivity contribution in [2.24, 2.45) is 4.99 Å². The normalized spacial score (nSPS) is 11.9. The number of hydrogen-bond donors (Lipinski definition) is 0. The molecule has 0 aliphatic rings. The molecule has 3 aromatic carbocycles. The Labute approximate surface area is 223 Å². The van der Waals surface area contributed by atoms with Crippen molar-refractivity contribution in [3.8, 4) is 0 Å². The summed E-state index contributed by atoms with van der Waals surface area (Å²) in [5.41, 5.74) is 4.28. The van der Waals surface area contributed by atoms with E-state index in [2.05, 4.69) is 107 Å². The zero-order valence-electron chi connectivity index (χ0n) is 21.3. The van der Waals surface area contributed by atoms with Gasteiger partial charge in [0.25, 0.3) is 0 Å². The number of benzene rings is 3. The van der Waals surface area contributed by atoms with Crippen molar-refractivity contribution < 1.29 is 0 Å². The maximum atomic E-state index is 6.46. The second-order valence-electron chi connectivity index (χ2n) is 9.31. The Kier molecular flexibility index (Phi) is 9.44. The Morgan fingerprint density at radius 2 is 1.39 bits per heavy atom. The van der Waals surface area contributed by atoms with E-state index in [4.69, 9.17) is 21.6 Å². The van der Waals surface area contributed by atoms with Gasteiger partial charge in [0.1, 0.15) is 0 Å². The highest BCUT2D eigenvalue weighted by molar-refractivity contribution is 7.80. The lowest BCUT2D eigenvalue weighted by Crippen LogP contribution is -2.20. The lowest BCUT2D eigenvalue weighted by molar-refractivity contribution is 0.986. The molecule has 0 saturated carbocycles. The zero-order valence-corrected chi connectivity index (χ0v) is 23.9. The van der Waals surface area contributed by atoms with Gasteiger partial charge in [0.05, 0.1) is 17.6 Å². The number of nitrogens with zero attached hydrogens (tertiary/aromatic N) is 2. The van der Waals surface area contributed by atoms with Crippen LogP contribution in [-0.2, 0) is 6.16 Å². The van der Waals surface area contributed by atoms with Gasteiger partial charge in [-0.3, -0.25) is 9.98 Å². The third-order valence-corrected chi connectivity index (χ3v) is 12.1. The van der Waals surface area contributed by atoms with Gasteiger partial charge in [-0.1, -0.05) is 120 Å². The molecule has 4 rings (SSSR count). The number of halogens is 1. The first kappa shape index (κ1) is 26.7. The fourth-order valence-electron chi connectivity index (χ4n) is 4.31. The molecule has 5 heteroatoms. The first-order chi connectivity index (χ1) is 17.4. The first-order valence-corrected chi connectivity index (χ1v) is 15.8. The minimum Gasteiger partial charge on any atom is -0.254 e. The van der Waals surface area contributed by atoms with Crippen molar-refractivity contribution >= 4 is 55.3 Å². The van der Waals surface area contributed by atoms with Crippen LogP contribution in [0.1, 0.15) is 39.1 Å². The van der Waals surface area contributed by atoms with Crippen LogP contribution in [0.25, 0.3) is 0 Å². The van der Waals surface area contributed by atoms with Crippen molar-refractivity contribution in [2.75, 3.05) is 0 Å². The lowest BCUT2D eigenvalue weighted by Gasteiger charge is -2.25. The van der Waals surface area contributed by atoms with Crippen molar-refractivity contribution in [1.29, 1.82) is 0 Å². The number of pyridine rings is 1. The van der Waals surface area contributed by atoms with Crippen molar-refractivity contribution in [2.45, 2.75) is 45.2 Å². The van der Waals surface area contributed by atoms with E-state index >= 15 is 0 Å². The highest BCUT2D eigenvalue weighted by Crippen LogP contribution is 2.48. The summed E-state index contributed by atoms with van der Waals surface area (Å²) in [5, 5.41) is 4.44. The maximum Gasteiger partial charge on any atom is 0.0816 e. The zero-order chi connectivity index (χ0) is 25.5. The van der Waals surface area contributed by atoms with E-state index in [1.807, 2.05) is 24.4 Å². The number of aromatic nitrogens is 1. The molecule has 4 aromatic rings. The molecular weight excluding hydrogens is 498 g/mol. The van der Waals surface area contributed by atoms with E-state index in [1.54, 1.807) is 0 Å². The smallest absolute Gasteiger partial charge is 0.0816 e. The van der Waals surface area contributed by atoms with E-state index in [0.29, 0.717) is 16.3 Å². The predicted octanol–water partition coefficient (Wildman–Crippen LogP) is 8.04. The number of rotatable bonds is 9. The Morgan fingerprint density at radius 1 is 0.778 bits per heavy atom. The fourth-order valence-corrected chi connectivity index (χ4v) is 9.32. The summed E-state index contributed by atoms with van der Waals surface area (Å²) >= 11 is 6.46. The lowest BCUT2D eigenvalue weighted by atomic mass is 10.3. The highest BCUT2D eigenvalue weighted by Gasteiger charge is 2.20. The van der Waals surface area contributed by atoms with Gasteiger partial charge >= 0.3 is 0 Å². The molecule has 184 valence electrons. The molecule has 0 radical (unpaired) electrons. The van der Waals surface area contributed by atoms with Gasteiger partial charge in [-0.25, -0.2) is 0 Å². The van der Waals surface area contributed by atoms with Crippen molar-refractivity contribution in [3.05, 3.63) is 113 Å². The van der Waals surface area contributed by atoms with Crippen LogP contribution in [0.3, 0.4) is 0 Å². The van der Waals surface area contributed by atoms with Crippen LogP contribution in [0.2, 0.25) is 5.02 Å². The Balaban J connectivity index is 1.70. The standard InChI is InChI=1S/C31H33ClN2P2/c1-23(2)35(24(3)4)22-27-13-11-12-26(34-27)21-33-30-20-25(32)18-19-31(30)36(28-14-7-5-8-15-28)29-16-9-6-10-17-29/h5-21,23-24H,22H2,1-4H3/b33-21+. The second kappa shape index (κ2) is 12.7. The third-order valence-electron chi connectivity index (χ3n) is 6.04. The van der Waals surface area contributed by atoms with E-state index in [-0.39, 0.29) is 7.92 Å². The van der Waals surface area contributed by atoms with Gasteiger partial charge in [-0.2, -0.15) is 0 Å². The molecule has 0 spiro atoms. The molecule has 0 unspecified atom stereocenters. The Hall–Kier alpha value is -2.37. The summed E-state index contributed by atoms with van der Waals surface area (Å²) < 4.78 is 0. The molecule has 1 aromatic heterocycles. The minimum atomic E-state index is -0.782. The summed E-state index contributed by atoms with van der Waals surface area (Å²) in [5.74, 6) is 0. The van der Waals surface area contributed by atoms with Gasteiger partial charge in [-0.05, 0) is 54.1 Å². The average molecular weight is 531 g/mol. The molecule has 0 atom stereocenters. The van der Waals surface area contributed by atoms with Crippen LogP contribution >= 0.6 is 27.4 Å². The molecule has 0 fully saturated rings. The molecule has 2 nitrogen and oxygen atoms in total. The second-order valence-corrected chi connectivity index (χ2v) is 15.3. The van der Waals surface area contributed by atoms with Gasteiger partial charge in [-0.15, -0.1) is 0 Å². The quantitative estimate of drug-likeness (QED) is 0.159. The third kappa shape index (κ3) is 6.89. The van der Waals surface area contributed by atoms with Crippen LogP contribution in [0.5, 0.6) is 0 Å². The van der Waals surface area contributed by atoms with Gasteiger partial charge in [0.2, 0.25) is 0 Å². The molecule has 0 amide bonds. The summed E-state index contributed by atoms with van der Waals surface area (Å²) in [6.07, 6.45) is 2.93. The van der Waals surface area contributed by atoms with Crippen LogP contribution in [-0.4, -0.2) is 22.5 Å². The maximum absolute atomic E-state index is 6.46. The highest BCUT2D eigenvalue weighted by atomic mass is 35.5. The molecule has 0 saturated heterocycles. The molecule has 0 aliphatic carbocycles. The van der Waals surface area contributed by atoms with Gasteiger partial charge in [0, 0.05) is 22.2 Å². The number of hydrogen-bond acceptors (Lipinski definition) is 2.